The van der Waals surface area contributed by atoms with Crippen LogP contribution in [0.5, 0.6) is 0 Å². The van der Waals surface area contributed by atoms with Gasteiger partial charge < -0.3 is 10.2 Å². The maximum atomic E-state index is 14.5. The maximum absolute atomic E-state index is 14.5. The molecule has 3 aliphatic rings. The quantitative estimate of drug-likeness (QED) is 0.632. The number of nitrogens with zero attached hydrogens (tertiary/aromatic N) is 5. The van der Waals surface area contributed by atoms with Crippen molar-refractivity contribution in [2.75, 3.05) is 31.5 Å². The molecule has 180 valence electrons. The van der Waals surface area contributed by atoms with Gasteiger partial charge in [-0.2, -0.15) is 4.99 Å². The van der Waals surface area contributed by atoms with E-state index in [0.29, 0.717) is 55.6 Å². The second-order valence-corrected chi connectivity index (χ2v) is 9.07. The topological polar surface area (TPSA) is 82.8 Å². The van der Waals surface area contributed by atoms with Crippen molar-refractivity contribution < 1.29 is 18.0 Å². The fourth-order valence-corrected chi connectivity index (χ4v) is 4.49. The number of aliphatic imine (C=N–C) groups is 2. The van der Waals surface area contributed by atoms with E-state index in [1.165, 1.54) is 4.90 Å². The van der Waals surface area contributed by atoms with Crippen molar-refractivity contribution in [1.29, 1.82) is 0 Å². The van der Waals surface area contributed by atoms with Crippen molar-refractivity contribution in [1.82, 2.24) is 14.9 Å². The number of amidine groups is 1. The molecule has 1 fully saturated rings. The highest BCUT2D eigenvalue weighted by molar-refractivity contribution is 6.28. The van der Waals surface area contributed by atoms with E-state index in [4.69, 9.17) is 11.6 Å². The van der Waals surface area contributed by atoms with E-state index in [1.807, 2.05) is 0 Å². The molecule has 11 heteroatoms. The van der Waals surface area contributed by atoms with Gasteiger partial charge in [-0.15, -0.1) is 11.6 Å². The number of rotatable bonds is 5. The van der Waals surface area contributed by atoms with Crippen molar-refractivity contribution >= 4 is 40.6 Å². The molecule has 0 aliphatic carbocycles. The predicted octanol–water partition coefficient (Wildman–Crippen LogP) is 3.87. The number of dihydropyridines is 1. The summed E-state index contributed by atoms with van der Waals surface area (Å²) in [4.78, 5) is 31.1. The van der Waals surface area contributed by atoms with Gasteiger partial charge in [0.15, 0.2) is 23.3 Å². The summed E-state index contributed by atoms with van der Waals surface area (Å²) in [6.45, 7) is 1.58. The first-order valence-corrected chi connectivity index (χ1v) is 11.6. The third-order valence-electron chi connectivity index (χ3n) is 6.04. The van der Waals surface area contributed by atoms with Crippen LogP contribution in [0.4, 0.5) is 19.0 Å². The lowest BCUT2D eigenvalue weighted by molar-refractivity contribution is 0.0675. The van der Waals surface area contributed by atoms with Crippen LogP contribution in [0.15, 0.2) is 46.0 Å². The third kappa shape index (κ3) is 4.85. The SMILES string of the molecule is O=C(c1ccc(F)cc1F)N1CCCC(CNc2nc(C3=C=NC4=NCC(Cl)C=C34)ncc2F)C1. The minimum atomic E-state index is -0.891. The highest BCUT2D eigenvalue weighted by Gasteiger charge is 2.28. The molecule has 1 N–H and O–H groups in total. The van der Waals surface area contributed by atoms with Gasteiger partial charge in [-0.25, -0.2) is 23.1 Å². The van der Waals surface area contributed by atoms with Crippen molar-refractivity contribution in [3.63, 3.8) is 0 Å². The Balaban J connectivity index is 1.26. The van der Waals surface area contributed by atoms with E-state index >= 15 is 0 Å². The number of anilines is 1. The molecule has 5 rings (SSSR count). The van der Waals surface area contributed by atoms with E-state index in [-0.39, 0.29) is 28.5 Å². The first kappa shape index (κ1) is 23.3. The molecular weight excluding hydrogens is 481 g/mol. The standard InChI is InChI=1S/C24H20ClF3N6O/c25-14-6-17-18(10-31-21(17)30-9-14)22-32-11-20(28)23(33-22)29-8-13-2-1-5-34(12-13)24(35)16-4-3-15(26)7-19(16)27/h3-4,6-7,11,13-14H,1-2,5,8-9,12H2,(H,29,32,33). The summed E-state index contributed by atoms with van der Waals surface area (Å²) in [5, 5.41) is 2.73. The van der Waals surface area contributed by atoms with Gasteiger partial charge >= 0.3 is 0 Å². The van der Waals surface area contributed by atoms with Crippen molar-refractivity contribution in [3.05, 3.63) is 64.9 Å². The number of nitrogens with one attached hydrogen (secondary N) is 1. The smallest absolute Gasteiger partial charge is 0.256 e. The molecule has 2 atom stereocenters. The minimum Gasteiger partial charge on any atom is -0.367 e. The van der Waals surface area contributed by atoms with Crippen LogP contribution in [-0.2, 0) is 0 Å². The number of benzene rings is 1. The van der Waals surface area contributed by atoms with E-state index in [2.05, 4.69) is 31.1 Å². The van der Waals surface area contributed by atoms with Gasteiger partial charge in [-0.3, -0.25) is 9.79 Å². The lowest BCUT2D eigenvalue weighted by Crippen LogP contribution is -2.42. The van der Waals surface area contributed by atoms with Crippen molar-refractivity contribution in [3.8, 4) is 0 Å². The third-order valence-corrected chi connectivity index (χ3v) is 6.30. The number of piperidine rings is 1. The summed E-state index contributed by atoms with van der Waals surface area (Å²) in [5.41, 5.74) is 0.994. The summed E-state index contributed by atoms with van der Waals surface area (Å²) >= 11 is 6.17. The molecule has 2 unspecified atom stereocenters. The highest BCUT2D eigenvalue weighted by atomic mass is 35.5. The molecule has 1 aromatic carbocycles. The number of amides is 1. The summed E-state index contributed by atoms with van der Waals surface area (Å²) in [5.74, 6) is 0.839. The van der Waals surface area contributed by atoms with Gasteiger partial charge in [-0.05, 0) is 30.9 Å². The first-order valence-electron chi connectivity index (χ1n) is 11.1. The van der Waals surface area contributed by atoms with Crippen LogP contribution in [0.1, 0.15) is 29.0 Å². The van der Waals surface area contributed by atoms with Crippen molar-refractivity contribution in [2.24, 2.45) is 15.9 Å². The Hall–Kier alpha value is -3.49. The van der Waals surface area contributed by atoms with Gasteiger partial charge in [0.05, 0.1) is 29.3 Å². The molecule has 35 heavy (non-hydrogen) atoms. The Morgan fingerprint density at radius 2 is 2.11 bits per heavy atom. The summed E-state index contributed by atoms with van der Waals surface area (Å²) in [6.07, 6.45) is 4.38. The summed E-state index contributed by atoms with van der Waals surface area (Å²) in [6, 6.07) is 2.91. The largest absolute Gasteiger partial charge is 0.367 e. The normalized spacial score (nSPS) is 21.3. The van der Waals surface area contributed by atoms with Crippen LogP contribution in [-0.4, -0.2) is 64.0 Å². The number of halogens is 4. The molecule has 1 saturated heterocycles. The number of hydrogen-bond acceptors (Lipinski definition) is 6. The summed E-state index contributed by atoms with van der Waals surface area (Å²) in [7, 11) is 0. The van der Waals surface area contributed by atoms with E-state index in [0.717, 1.165) is 24.8 Å². The number of fused-ring (bicyclic) bond motifs is 1. The van der Waals surface area contributed by atoms with E-state index in [9.17, 15) is 18.0 Å². The van der Waals surface area contributed by atoms with Gasteiger partial charge in [0, 0.05) is 37.1 Å². The first-order chi connectivity index (χ1) is 16.9. The van der Waals surface area contributed by atoms with Gasteiger partial charge in [0.1, 0.15) is 11.6 Å². The number of likely N-dealkylation sites (tertiary alicyclic amines) is 1. The molecule has 1 amide bonds. The lowest BCUT2D eigenvalue weighted by atomic mass is 9.97. The van der Waals surface area contributed by atoms with E-state index < -0.39 is 23.4 Å². The molecule has 7 nitrogen and oxygen atoms in total. The molecule has 0 spiro atoms. The Bertz CT molecular complexity index is 1320. The zero-order chi connectivity index (χ0) is 24.5. The lowest BCUT2D eigenvalue weighted by Gasteiger charge is -2.33. The zero-order valence-electron chi connectivity index (χ0n) is 18.4. The van der Waals surface area contributed by atoms with Crippen molar-refractivity contribution in [2.45, 2.75) is 18.2 Å². The van der Waals surface area contributed by atoms with Gasteiger partial charge in [0.25, 0.3) is 5.91 Å². The maximum Gasteiger partial charge on any atom is 0.256 e. The second kappa shape index (κ2) is 9.64. The molecular formula is C24H20ClF3N6O. The Morgan fingerprint density at radius 1 is 1.26 bits per heavy atom. The number of alkyl halides is 1. The Kier molecular flexibility index (Phi) is 6.40. The van der Waals surface area contributed by atoms with Gasteiger partial charge in [-0.1, -0.05) is 6.08 Å². The molecule has 4 heterocycles. The van der Waals surface area contributed by atoms with E-state index in [1.54, 1.807) is 6.08 Å². The molecule has 1 aromatic heterocycles. The fourth-order valence-electron chi connectivity index (χ4n) is 4.30. The fraction of sp³-hybridized carbons (Fsp3) is 0.333. The van der Waals surface area contributed by atoms with Gasteiger partial charge in [0.2, 0.25) is 0 Å². The minimum absolute atomic E-state index is 0.0153. The molecule has 0 bridgehead atoms. The average Bonchev–Trinajstić information content (AvgIpc) is 3.26. The summed E-state index contributed by atoms with van der Waals surface area (Å²) < 4.78 is 41.7. The van der Waals surface area contributed by atoms with Crippen LogP contribution in [0.3, 0.4) is 0 Å². The number of hydrogen-bond donors (Lipinski definition) is 1. The van der Waals surface area contributed by atoms with Crippen LogP contribution in [0.2, 0.25) is 0 Å². The molecule has 2 aromatic rings. The Labute approximate surface area is 204 Å². The van der Waals surface area contributed by atoms with Crippen LogP contribution < -0.4 is 5.32 Å². The second-order valence-electron chi connectivity index (χ2n) is 8.51. The molecule has 0 radical (unpaired) electrons. The molecule has 3 aliphatic heterocycles. The highest BCUT2D eigenvalue weighted by Crippen LogP contribution is 2.28. The van der Waals surface area contributed by atoms with Crippen LogP contribution >= 0.6 is 11.6 Å². The monoisotopic (exact) mass is 500 g/mol. The van der Waals surface area contributed by atoms with Crippen LogP contribution in [0, 0.1) is 23.4 Å². The average molecular weight is 501 g/mol. The molecule has 0 saturated carbocycles. The number of aromatic nitrogens is 2. The van der Waals surface area contributed by atoms with Crippen LogP contribution in [0.25, 0.3) is 5.57 Å². The predicted molar refractivity (Wildman–Crippen MR) is 126 cm³/mol. The zero-order valence-corrected chi connectivity index (χ0v) is 19.2. The number of carbonyl (C=O) groups excluding carboxylic acids is 1. The Morgan fingerprint density at radius 3 is 2.94 bits per heavy atom. The number of carbonyl (C=O) groups is 1.